The summed E-state index contributed by atoms with van der Waals surface area (Å²) in [6, 6.07) is 13.5. The quantitative estimate of drug-likeness (QED) is 0.515. The lowest BCUT2D eigenvalue weighted by Gasteiger charge is -2.11. The van der Waals surface area contributed by atoms with Crippen molar-refractivity contribution in [3.05, 3.63) is 59.2 Å². The molecule has 2 rings (SSSR count). The monoisotopic (exact) mass is 271 g/mol. The highest BCUT2D eigenvalue weighted by Gasteiger charge is 2.05. The Hall–Kier alpha value is -2.49. The van der Waals surface area contributed by atoms with Gasteiger partial charge < -0.3 is 14.7 Å². The van der Waals surface area contributed by atoms with Crippen LogP contribution in [0.3, 0.4) is 0 Å². The van der Waals surface area contributed by atoms with Gasteiger partial charge in [-0.05, 0) is 24.6 Å². The predicted octanol–water partition coefficient (Wildman–Crippen LogP) is 3.39. The van der Waals surface area contributed by atoms with Crippen LogP contribution in [0.4, 0.5) is 0 Å². The summed E-state index contributed by atoms with van der Waals surface area (Å²) in [7, 11) is 1.60. The Balaban J connectivity index is 2.18. The first-order chi connectivity index (χ1) is 9.72. The standard InChI is InChI=1S/C16H17NO3/c1-12-4-3-5-13(8-12)11-20-16-9-15(19-2)7-6-14(16)10-17-18/h3-10,18H,11H2,1-2H3. The van der Waals surface area contributed by atoms with E-state index in [-0.39, 0.29) is 0 Å². The molecule has 0 aromatic heterocycles. The van der Waals surface area contributed by atoms with Gasteiger partial charge in [-0.1, -0.05) is 35.0 Å². The number of rotatable bonds is 5. The topological polar surface area (TPSA) is 51.0 Å². The molecule has 4 heteroatoms. The number of ether oxygens (including phenoxy) is 2. The SMILES string of the molecule is COc1ccc(C=NO)c(OCc2cccc(C)c2)c1. The van der Waals surface area contributed by atoms with Crippen LogP contribution >= 0.6 is 0 Å². The first kappa shape index (κ1) is 13.9. The number of hydrogen-bond acceptors (Lipinski definition) is 4. The van der Waals surface area contributed by atoms with Gasteiger partial charge in [-0.15, -0.1) is 0 Å². The van der Waals surface area contributed by atoms with E-state index in [4.69, 9.17) is 14.7 Å². The number of aryl methyl sites for hydroxylation is 1. The van der Waals surface area contributed by atoms with Gasteiger partial charge in [0.25, 0.3) is 0 Å². The van der Waals surface area contributed by atoms with Crippen molar-refractivity contribution in [3.63, 3.8) is 0 Å². The fourth-order valence-electron chi connectivity index (χ4n) is 1.90. The molecule has 0 atom stereocenters. The molecule has 0 saturated carbocycles. The summed E-state index contributed by atoms with van der Waals surface area (Å²) in [5.41, 5.74) is 2.97. The zero-order chi connectivity index (χ0) is 14.4. The molecule has 0 aliphatic carbocycles. The molecule has 2 aromatic rings. The molecule has 0 radical (unpaired) electrons. The minimum absolute atomic E-state index is 0.446. The van der Waals surface area contributed by atoms with Crippen LogP contribution in [-0.2, 0) is 6.61 Å². The zero-order valence-electron chi connectivity index (χ0n) is 11.5. The molecule has 0 bridgehead atoms. The molecule has 0 fully saturated rings. The maximum absolute atomic E-state index is 8.67. The van der Waals surface area contributed by atoms with Crippen molar-refractivity contribution < 1.29 is 14.7 Å². The van der Waals surface area contributed by atoms with Crippen LogP contribution < -0.4 is 9.47 Å². The minimum Gasteiger partial charge on any atom is -0.497 e. The summed E-state index contributed by atoms with van der Waals surface area (Å²) in [5.74, 6) is 1.31. The molecule has 2 aromatic carbocycles. The fourth-order valence-corrected chi connectivity index (χ4v) is 1.90. The molecule has 104 valence electrons. The molecule has 20 heavy (non-hydrogen) atoms. The number of hydrogen-bond donors (Lipinski definition) is 1. The van der Waals surface area contributed by atoms with Crippen molar-refractivity contribution in [1.82, 2.24) is 0 Å². The Morgan fingerprint density at radius 1 is 1.20 bits per heavy atom. The van der Waals surface area contributed by atoms with E-state index >= 15 is 0 Å². The average Bonchev–Trinajstić information content (AvgIpc) is 2.46. The third-order valence-electron chi connectivity index (χ3n) is 2.89. The van der Waals surface area contributed by atoms with Gasteiger partial charge in [0, 0.05) is 11.6 Å². The number of benzene rings is 2. The van der Waals surface area contributed by atoms with E-state index in [1.165, 1.54) is 11.8 Å². The summed E-state index contributed by atoms with van der Waals surface area (Å²) < 4.78 is 11.0. The summed E-state index contributed by atoms with van der Waals surface area (Å²) in [6.07, 6.45) is 1.34. The maximum Gasteiger partial charge on any atom is 0.132 e. The molecule has 0 unspecified atom stereocenters. The lowest BCUT2D eigenvalue weighted by atomic mass is 10.1. The van der Waals surface area contributed by atoms with Gasteiger partial charge in [-0.3, -0.25) is 0 Å². The van der Waals surface area contributed by atoms with Crippen molar-refractivity contribution in [3.8, 4) is 11.5 Å². The highest BCUT2D eigenvalue weighted by Crippen LogP contribution is 2.24. The molecule has 4 nitrogen and oxygen atoms in total. The van der Waals surface area contributed by atoms with E-state index in [1.807, 2.05) is 25.1 Å². The van der Waals surface area contributed by atoms with Crippen LogP contribution in [0, 0.1) is 6.92 Å². The first-order valence-electron chi connectivity index (χ1n) is 6.27. The van der Waals surface area contributed by atoms with E-state index in [0.717, 1.165) is 5.56 Å². The Bertz CT molecular complexity index is 608. The number of nitrogens with zero attached hydrogens (tertiary/aromatic N) is 1. The highest BCUT2D eigenvalue weighted by molar-refractivity contribution is 5.83. The molecule has 0 aliphatic rings. The van der Waals surface area contributed by atoms with Crippen LogP contribution in [0.25, 0.3) is 0 Å². The van der Waals surface area contributed by atoms with Crippen LogP contribution in [0.1, 0.15) is 16.7 Å². The molecule has 0 amide bonds. The number of oxime groups is 1. The maximum atomic E-state index is 8.67. The molecule has 1 N–H and O–H groups in total. The Labute approximate surface area is 118 Å². The normalized spacial score (nSPS) is 10.7. The Morgan fingerprint density at radius 2 is 2.05 bits per heavy atom. The van der Waals surface area contributed by atoms with Gasteiger partial charge in [0.15, 0.2) is 0 Å². The van der Waals surface area contributed by atoms with Gasteiger partial charge in [0.1, 0.15) is 18.1 Å². The Kier molecular flexibility index (Phi) is 4.60. The summed E-state index contributed by atoms with van der Waals surface area (Å²) in [4.78, 5) is 0. The molecule has 0 aliphatic heterocycles. The smallest absolute Gasteiger partial charge is 0.132 e. The predicted molar refractivity (Wildman–Crippen MR) is 77.9 cm³/mol. The van der Waals surface area contributed by atoms with E-state index in [2.05, 4.69) is 11.2 Å². The van der Waals surface area contributed by atoms with Crippen LogP contribution in [0.5, 0.6) is 11.5 Å². The second-order valence-corrected chi connectivity index (χ2v) is 4.43. The highest BCUT2D eigenvalue weighted by atomic mass is 16.5. The van der Waals surface area contributed by atoms with Crippen molar-refractivity contribution >= 4 is 6.21 Å². The largest absolute Gasteiger partial charge is 0.497 e. The zero-order valence-corrected chi connectivity index (χ0v) is 11.5. The van der Waals surface area contributed by atoms with Gasteiger partial charge in [-0.2, -0.15) is 0 Å². The van der Waals surface area contributed by atoms with Crippen molar-refractivity contribution in [1.29, 1.82) is 0 Å². The molecule has 0 spiro atoms. The second kappa shape index (κ2) is 6.61. The lowest BCUT2D eigenvalue weighted by molar-refractivity contribution is 0.301. The lowest BCUT2D eigenvalue weighted by Crippen LogP contribution is -1.99. The van der Waals surface area contributed by atoms with Crippen LogP contribution in [0.15, 0.2) is 47.6 Å². The summed E-state index contributed by atoms with van der Waals surface area (Å²) in [6.45, 7) is 2.49. The molecular weight excluding hydrogens is 254 g/mol. The summed E-state index contributed by atoms with van der Waals surface area (Å²) in [5, 5.41) is 11.7. The fraction of sp³-hybridized carbons (Fsp3) is 0.188. The van der Waals surface area contributed by atoms with Gasteiger partial charge in [0.05, 0.1) is 13.3 Å². The van der Waals surface area contributed by atoms with Crippen molar-refractivity contribution in [2.45, 2.75) is 13.5 Å². The van der Waals surface area contributed by atoms with E-state index in [9.17, 15) is 0 Å². The van der Waals surface area contributed by atoms with Crippen molar-refractivity contribution in [2.75, 3.05) is 7.11 Å². The van der Waals surface area contributed by atoms with Crippen LogP contribution in [0.2, 0.25) is 0 Å². The minimum atomic E-state index is 0.446. The average molecular weight is 271 g/mol. The van der Waals surface area contributed by atoms with Gasteiger partial charge >= 0.3 is 0 Å². The van der Waals surface area contributed by atoms with E-state index in [0.29, 0.717) is 23.7 Å². The third-order valence-corrected chi connectivity index (χ3v) is 2.89. The molecular formula is C16H17NO3. The van der Waals surface area contributed by atoms with E-state index < -0.39 is 0 Å². The van der Waals surface area contributed by atoms with E-state index in [1.54, 1.807) is 25.3 Å². The van der Waals surface area contributed by atoms with Crippen molar-refractivity contribution in [2.24, 2.45) is 5.16 Å². The van der Waals surface area contributed by atoms with Crippen LogP contribution in [-0.4, -0.2) is 18.5 Å². The number of methoxy groups -OCH3 is 1. The summed E-state index contributed by atoms with van der Waals surface area (Å²) >= 11 is 0. The molecule has 0 saturated heterocycles. The third kappa shape index (κ3) is 3.51. The first-order valence-corrected chi connectivity index (χ1v) is 6.27. The molecule has 0 heterocycles. The second-order valence-electron chi connectivity index (χ2n) is 4.43. The van der Waals surface area contributed by atoms with Gasteiger partial charge in [-0.25, -0.2) is 0 Å². The van der Waals surface area contributed by atoms with Gasteiger partial charge in [0.2, 0.25) is 0 Å². The Morgan fingerprint density at radius 3 is 2.75 bits per heavy atom.